The van der Waals surface area contributed by atoms with Gasteiger partial charge in [0.1, 0.15) is 4.21 Å². The number of hydrogen-bond acceptors (Lipinski definition) is 4. The molecule has 1 aromatic heterocycles. The summed E-state index contributed by atoms with van der Waals surface area (Å²) in [4.78, 5) is 0. The lowest BCUT2D eigenvalue weighted by Gasteiger charge is -2.30. The van der Waals surface area contributed by atoms with Crippen molar-refractivity contribution in [2.24, 2.45) is 11.7 Å². The van der Waals surface area contributed by atoms with Crippen molar-refractivity contribution in [1.82, 2.24) is 4.31 Å². The molecule has 2 unspecified atom stereocenters. The number of halogens is 1. The highest BCUT2D eigenvalue weighted by molar-refractivity contribution is 9.10. The Morgan fingerprint density at radius 2 is 2.26 bits per heavy atom. The summed E-state index contributed by atoms with van der Waals surface area (Å²) in [6.07, 6.45) is 3.00. The lowest BCUT2D eigenvalue weighted by molar-refractivity contribution is 0.276. The molecule has 1 aromatic rings. The number of nitrogens with zero attached hydrogens (tertiary/aromatic N) is 1. The summed E-state index contributed by atoms with van der Waals surface area (Å²) in [6, 6.07) is 1.83. The van der Waals surface area contributed by atoms with E-state index >= 15 is 0 Å². The van der Waals surface area contributed by atoms with E-state index < -0.39 is 10.0 Å². The molecule has 0 radical (unpaired) electrons. The van der Waals surface area contributed by atoms with Gasteiger partial charge in [-0.15, -0.1) is 11.3 Å². The van der Waals surface area contributed by atoms with Crippen LogP contribution in [0.1, 0.15) is 26.2 Å². The summed E-state index contributed by atoms with van der Waals surface area (Å²) in [5.41, 5.74) is 5.78. The summed E-state index contributed by atoms with van der Waals surface area (Å²) in [5, 5.41) is 1.79. The lowest BCUT2D eigenvalue weighted by Crippen LogP contribution is -2.43. The Bertz CT molecular complexity index is 530. The van der Waals surface area contributed by atoms with Crippen LogP contribution in [0.5, 0.6) is 0 Å². The first-order chi connectivity index (χ1) is 9.02. The van der Waals surface area contributed by atoms with E-state index in [0.717, 1.165) is 19.3 Å². The molecule has 1 aliphatic rings. The third-order valence-corrected chi connectivity index (χ3v) is 8.38. The van der Waals surface area contributed by atoms with E-state index in [4.69, 9.17) is 5.73 Å². The van der Waals surface area contributed by atoms with Crippen molar-refractivity contribution in [2.45, 2.75) is 36.4 Å². The zero-order valence-electron chi connectivity index (χ0n) is 10.9. The normalized spacial score (nSPS) is 24.2. The van der Waals surface area contributed by atoms with Gasteiger partial charge in [-0.3, -0.25) is 0 Å². The molecule has 2 atom stereocenters. The van der Waals surface area contributed by atoms with Gasteiger partial charge in [0.25, 0.3) is 10.0 Å². The Morgan fingerprint density at radius 1 is 1.53 bits per heavy atom. The molecule has 0 amide bonds. The second kappa shape index (κ2) is 6.22. The summed E-state index contributed by atoms with van der Waals surface area (Å²) >= 11 is 4.58. The molecule has 2 rings (SSSR count). The smallest absolute Gasteiger partial charge is 0.253 e. The minimum Gasteiger partial charge on any atom is -0.330 e. The fourth-order valence-corrected chi connectivity index (χ4v) is 6.98. The van der Waals surface area contributed by atoms with E-state index in [1.807, 2.05) is 6.92 Å². The lowest BCUT2D eigenvalue weighted by atomic mass is 10.0. The van der Waals surface area contributed by atoms with E-state index in [-0.39, 0.29) is 12.0 Å². The molecule has 0 spiro atoms. The van der Waals surface area contributed by atoms with Gasteiger partial charge in [0.15, 0.2) is 0 Å². The molecule has 0 aliphatic heterocycles. The average molecular weight is 367 g/mol. The second-order valence-corrected chi connectivity index (χ2v) is 8.61. The van der Waals surface area contributed by atoms with Crippen molar-refractivity contribution < 1.29 is 8.42 Å². The van der Waals surface area contributed by atoms with Gasteiger partial charge in [-0.05, 0) is 52.7 Å². The molecule has 7 heteroatoms. The first-order valence-electron chi connectivity index (χ1n) is 6.47. The van der Waals surface area contributed by atoms with Crippen LogP contribution in [-0.4, -0.2) is 31.9 Å². The molecule has 0 bridgehead atoms. The van der Waals surface area contributed by atoms with Crippen LogP contribution in [0.25, 0.3) is 0 Å². The molecule has 0 saturated heterocycles. The van der Waals surface area contributed by atoms with Crippen LogP contribution >= 0.6 is 27.3 Å². The molecule has 19 heavy (non-hydrogen) atoms. The van der Waals surface area contributed by atoms with Crippen LogP contribution in [0.4, 0.5) is 0 Å². The topological polar surface area (TPSA) is 63.4 Å². The molecule has 1 aliphatic carbocycles. The van der Waals surface area contributed by atoms with Gasteiger partial charge in [-0.1, -0.05) is 13.3 Å². The maximum absolute atomic E-state index is 12.8. The van der Waals surface area contributed by atoms with E-state index in [9.17, 15) is 8.42 Å². The Labute approximate surface area is 127 Å². The van der Waals surface area contributed by atoms with Gasteiger partial charge in [-0.25, -0.2) is 8.42 Å². The van der Waals surface area contributed by atoms with Crippen LogP contribution in [0.15, 0.2) is 20.1 Å². The highest BCUT2D eigenvalue weighted by Gasteiger charge is 2.38. The molecule has 2 N–H and O–H groups in total. The van der Waals surface area contributed by atoms with Crippen molar-refractivity contribution in [3.63, 3.8) is 0 Å². The predicted octanol–water partition coefficient (Wildman–Crippen LogP) is 2.65. The summed E-state index contributed by atoms with van der Waals surface area (Å²) in [7, 11) is -3.42. The standard InChI is InChI=1S/C12H19BrN2O2S2/c1-2-15(11-5-3-4-9(11)8-14)19(16,17)12-10(13)6-7-18-12/h6-7,9,11H,2-5,8,14H2,1H3. The summed E-state index contributed by atoms with van der Waals surface area (Å²) in [5.74, 6) is 0.286. The number of thiophene rings is 1. The quantitative estimate of drug-likeness (QED) is 0.870. The molecular weight excluding hydrogens is 348 g/mol. The highest BCUT2D eigenvalue weighted by Crippen LogP contribution is 2.36. The Morgan fingerprint density at radius 3 is 2.79 bits per heavy atom. The zero-order valence-corrected chi connectivity index (χ0v) is 14.1. The fourth-order valence-electron chi connectivity index (χ4n) is 2.82. The molecule has 1 heterocycles. The largest absolute Gasteiger partial charge is 0.330 e. The average Bonchev–Trinajstić information content (AvgIpc) is 2.98. The van der Waals surface area contributed by atoms with E-state index in [0.29, 0.717) is 21.8 Å². The van der Waals surface area contributed by atoms with Crippen molar-refractivity contribution in [1.29, 1.82) is 0 Å². The van der Waals surface area contributed by atoms with Crippen molar-refractivity contribution >= 4 is 37.3 Å². The third kappa shape index (κ3) is 2.90. The Balaban J connectivity index is 2.34. The van der Waals surface area contributed by atoms with Crippen LogP contribution in [0, 0.1) is 5.92 Å². The van der Waals surface area contributed by atoms with Crippen LogP contribution < -0.4 is 5.73 Å². The first-order valence-corrected chi connectivity index (χ1v) is 9.58. The van der Waals surface area contributed by atoms with Gasteiger partial charge in [0.2, 0.25) is 0 Å². The van der Waals surface area contributed by atoms with Gasteiger partial charge < -0.3 is 5.73 Å². The summed E-state index contributed by atoms with van der Waals surface area (Å²) < 4.78 is 28.2. The van der Waals surface area contributed by atoms with E-state index in [1.165, 1.54) is 11.3 Å². The predicted molar refractivity (Wildman–Crippen MR) is 81.8 cm³/mol. The number of rotatable bonds is 5. The zero-order chi connectivity index (χ0) is 14.0. The van der Waals surface area contributed by atoms with E-state index in [2.05, 4.69) is 15.9 Å². The molecule has 108 valence electrons. The summed E-state index contributed by atoms with van der Waals surface area (Å²) in [6.45, 7) is 2.95. The second-order valence-electron chi connectivity index (χ2n) is 4.76. The molecular formula is C12H19BrN2O2S2. The molecule has 0 aromatic carbocycles. The monoisotopic (exact) mass is 366 g/mol. The molecule has 4 nitrogen and oxygen atoms in total. The maximum Gasteiger partial charge on any atom is 0.253 e. The van der Waals surface area contributed by atoms with Crippen LogP contribution in [0.3, 0.4) is 0 Å². The minimum atomic E-state index is -3.42. The van der Waals surface area contributed by atoms with Gasteiger partial charge in [-0.2, -0.15) is 4.31 Å². The fraction of sp³-hybridized carbons (Fsp3) is 0.667. The SMILES string of the molecule is CCN(C1CCCC1CN)S(=O)(=O)c1sccc1Br. The van der Waals surface area contributed by atoms with Crippen LogP contribution in [-0.2, 0) is 10.0 Å². The molecule has 1 fully saturated rings. The van der Waals surface area contributed by atoms with Crippen LogP contribution in [0.2, 0.25) is 0 Å². The highest BCUT2D eigenvalue weighted by atomic mass is 79.9. The number of sulfonamides is 1. The van der Waals surface area contributed by atoms with Crippen molar-refractivity contribution in [3.05, 3.63) is 15.9 Å². The van der Waals surface area contributed by atoms with Crippen molar-refractivity contribution in [2.75, 3.05) is 13.1 Å². The number of nitrogens with two attached hydrogens (primary N) is 1. The van der Waals surface area contributed by atoms with E-state index in [1.54, 1.807) is 15.8 Å². The molecule has 1 saturated carbocycles. The Kier molecular flexibility index (Phi) is 5.05. The van der Waals surface area contributed by atoms with Crippen molar-refractivity contribution in [3.8, 4) is 0 Å². The van der Waals surface area contributed by atoms with Gasteiger partial charge >= 0.3 is 0 Å². The first kappa shape index (κ1) is 15.4. The number of hydrogen-bond donors (Lipinski definition) is 1. The third-order valence-electron chi connectivity index (χ3n) is 3.73. The Hall–Kier alpha value is 0.0500. The van der Waals surface area contributed by atoms with Gasteiger partial charge in [0, 0.05) is 17.1 Å². The maximum atomic E-state index is 12.8. The minimum absolute atomic E-state index is 0.0500. The van der Waals surface area contributed by atoms with Gasteiger partial charge in [0.05, 0.1) is 0 Å².